The number of fused-ring (bicyclic) bond motifs is 3. The van der Waals surface area contributed by atoms with Gasteiger partial charge in [-0.15, -0.1) is 12.4 Å². The first-order chi connectivity index (χ1) is 55.4. The number of nitrogens with two attached hydrogens (primary N) is 2. The number of hydrogen-bond acceptors (Lipinski definition) is 17. The van der Waals surface area contributed by atoms with Crippen LogP contribution in [-0.4, -0.2) is 69.5 Å². The second-order valence-corrected chi connectivity index (χ2v) is 28.9. The standard InChI is InChI=1S/C33H33N5O2.C28H25N5.C27H25N3O3.C7H9N.ClH/c1-33(2,3)40-32(39)37-21-23-9-11-26(12-10-23)31-27(25-7-5-4-6-8-25)19-28-29(38-31)15-18-36-30(28)22-35-20-24-13-16-34-17-14-24;29-17-20-6-8-23(9-7-20)28-24(22-4-2-1-3-5-22)16-25-26(33-28)12-15-32-27(25)19-31-18-21-10-13-30-14-11-21;1-27(2,3)33-26(32)29-16-18-9-11-20(12-10-18)25-21(19-7-5-4-6-8-19)15-22-23(30-25)13-14-28-24(22)17-31;8-6-7-4-2-1-3-5-7;/h4-19,35H,20-22H2,1-3H3,(H,37,39);1-16,31H,17-19,29H2;4-15,17H,16H2,1-3H3,(H,29,32);1-5H,6,8H2;1H. The third-order valence-electron chi connectivity index (χ3n) is 18.2. The lowest BCUT2D eigenvalue weighted by Gasteiger charge is -2.19. The molecule has 0 bridgehead atoms. The van der Waals surface area contributed by atoms with Crippen molar-refractivity contribution in [3.8, 4) is 67.2 Å². The summed E-state index contributed by atoms with van der Waals surface area (Å²) in [5.74, 6) is 0. The summed E-state index contributed by atoms with van der Waals surface area (Å²) < 4.78 is 10.6. The number of carbonyl (C=O) groups is 3. The summed E-state index contributed by atoms with van der Waals surface area (Å²) in [5.41, 5.74) is 33.4. The first kappa shape index (κ1) is 82.8. The van der Waals surface area contributed by atoms with Gasteiger partial charge in [-0.3, -0.25) is 29.7 Å². The van der Waals surface area contributed by atoms with Crippen molar-refractivity contribution < 1.29 is 23.9 Å². The van der Waals surface area contributed by atoms with E-state index in [1.807, 2.05) is 242 Å². The topological polar surface area (TPSA) is 273 Å². The maximum Gasteiger partial charge on any atom is 0.407 e. The quantitative estimate of drug-likeness (QED) is 0.0365. The van der Waals surface area contributed by atoms with Crippen LogP contribution >= 0.6 is 12.4 Å². The lowest BCUT2D eigenvalue weighted by molar-refractivity contribution is 0.0512. The van der Waals surface area contributed by atoms with E-state index in [9.17, 15) is 14.4 Å². The Morgan fingerprint density at radius 1 is 0.348 bits per heavy atom. The predicted octanol–water partition coefficient (Wildman–Crippen LogP) is 19.1. The Morgan fingerprint density at radius 2 is 0.661 bits per heavy atom. The molecule has 0 atom stereocenters. The van der Waals surface area contributed by atoms with Gasteiger partial charge in [-0.05, 0) is 152 Å². The summed E-state index contributed by atoms with van der Waals surface area (Å²) in [4.78, 5) is 72.3. The first-order valence-corrected chi connectivity index (χ1v) is 37.8. The highest BCUT2D eigenvalue weighted by atomic mass is 35.5. The van der Waals surface area contributed by atoms with E-state index in [1.165, 1.54) is 16.7 Å². The number of amides is 2. The van der Waals surface area contributed by atoms with Crippen LogP contribution < -0.4 is 32.7 Å². The maximum absolute atomic E-state index is 12.1. The third-order valence-corrected chi connectivity index (χ3v) is 18.2. The van der Waals surface area contributed by atoms with Crippen molar-refractivity contribution in [2.24, 2.45) is 11.5 Å². The molecule has 0 radical (unpaired) electrons. The average molecular weight is 1550 g/mol. The minimum Gasteiger partial charge on any atom is -0.444 e. The summed E-state index contributed by atoms with van der Waals surface area (Å²) in [6.45, 7) is 15.7. The summed E-state index contributed by atoms with van der Waals surface area (Å²) >= 11 is 0. The molecule has 0 fully saturated rings. The van der Waals surface area contributed by atoms with E-state index in [0.717, 1.165) is 136 Å². The maximum atomic E-state index is 12.1. The smallest absolute Gasteiger partial charge is 0.407 e. The molecule has 0 aliphatic carbocycles. The van der Waals surface area contributed by atoms with Crippen molar-refractivity contribution in [2.75, 3.05) is 0 Å². The van der Waals surface area contributed by atoms with E-state index in [4.69, 9.17) is 35.9 Å². The molecule has 0 aliphatic rings. The van der Waals surface area contributed by atoms with Gasteiger partial charge in [-0.1, -0.05) is 194 Å². The van der Waals surface area contributed by atoms with Crippen LogP contribution in [0.3, 0.4) is 0 Å². The van der Waals surface area contributed by atoms with Crippen LogP contribution in [0.25, 0.3) is 99.9 Å². The monoisotopic (exact) mass is 1540 g/mol. The minimum absolute atomic E-state index is 0. The Hall–Kier alpha value is -13.1. The summed E-state index contributed by atoms with van der Waals surface area (Å²) in [6.07, 6.45) is 12.3. The second kappa shape index (κ2) is 40.4. The summed E-state index contributed by atoms with van der Waals surface area (Å²) in [7, 11) is 0. The van der Waals surface area contributed by atoms with Gasteiger partial charge in [0.05, 0.1) is 45.0 Å². The highest BCUT2D eigenvalue weighted by Gasteiger charge is 2.21. The molecule has 580 valence electrons. The fourth-order valence-electron chi connectivity index (χ4n) is 12.6. The Labute approximate surface area is 677 Å². The molecule has 8 aromatic heterocycles. The van der Waals surface area contributed by atoms with E-state index in [2.05, 4.69) is 119 Å². The summed E-state index contributed by atoms with van der Waals surface area (Å²) in [5, 5.41) is 15.4. The van der Waals surface area contributed by atoms with Gasteiger partial charge in [-0.2, -0.15) is 0 Å². The number of ether oxygens (including phenoxy) is 2. The summed E-state index contributed by atoms with van der Waals surface area (Å²) in [6, 6.07) is 85.1. The van der Waals surface area contributed by atoms with Crippen LogP contribution in [0.5, 0.6) is 0 Å². The van der Waals surface area contributed by atoms with Gasteiger partial charge in [-0.25, -0.2) is 24.5 Å². The van der Waals surface area contributed by atoms with Gasteiger partial charge in [0.2, 0.25) is 0 Å². The molecule has 0 saturated carbocycles. The fraction of sp³-hybridized carbons (Fsp3) is 0.168. The van der Waals surface area contributed by atoms with Gasteiger partial charge in [0.15, 0.2) is 6.29 Å². The van der Waals surface area contributed by atoms with Crippen molar-refractivity contribution in [1.29, 1.82) is 0 Å². The largest absolute Gasteiger partial charge is 0.444 e. The molecule has 0 saturated heterocycles. The number of nitrogens with one attached hydrogen (secondary N) is 4. The van der Waals surface area contributed by atoms with E-state index in [-0.39, 0.29) is 12.4 Å². The highest BCUT2D eigenvalue weighted by Crippen LogP contribution is 2.38. The van der Waals surface area contributed by atoms with Crippen molar-refractivity contribution in [3.05, 3.63) is 349 Å². The van der Waals surface area contributed by atoms with Crippen molar-refractivity contribution in [1.82, 2.24) is 61.1 Å². The molecule has 19 nitrogen and oxygen atoms in total. The van der Waals surface area contributed by atoms with Gasteiger partial charge in [0.25, 0.3) is 0 Å². The zero-order chi connectivity index (χ0) is 79.7. The van der Waals surface area contributed by atoms with E-state index >= 15 is 0 Å². The molecule has 0 spiro atoms. The van der Waals surface area contributed by atoms with E-state index in [1.54, 1.807) is 24.7 Å². The number of benzene rings is 7. The first-order valence-electron chi connectivity index (χ1n) is 37.8. The van der Waals surface area contributed by atoms with Gasteiger partial charge < -0.3 is 42.2 Å². The molecule has 15 rings (SSSR count). The number of halogens is 1. The fourth-order valence-corrected chi connectivity index (χ4v) is 12.6. The number of nitrogens with zero attached hydrogens (tertiary/aromatic N) is 8. The number of rotatable bonds is 21. The lowest BCUT2D eigenvalue weighted by Crippen LogP contribution is -2.32. The molecular formula is C95H93ClN14O5. The Balaban J connectivity index is 0.000000162. The van der Waals surface area contributed by atoms with Gasteiger partial charge in [0.1, 0.15) is 16.9 Å². The Bertz CT molecular complexity index is 5660. The third kappa shape index (κ3) is 23.5. The molecule has 2 amide bonds. The Kier molecular flexibility index (Phi) is 29.1. The number of pyridine rings is 8. The molecule has 115 heavy (non-hydrogen) atoms. The molecular weight excluding hydrogens is 1450 g/mol. The normalized spacial score (nSPS) is 11.0. The Morgan fingerprint density at radius 3 is 1.00 bits per heavy atom. The molecule has 7 aromatic carbocycles. The minimum atomic E-state index is -0.539. The van der Waals surface area contributed by atoms with Crippen LogP contribution in [0, 0.1) is 0 Å². The zero-order valence-corrected chi connectivity index (χ0v) is 66.0. The van der Waals surface area contributed by atoms with Crippen molar-refractivity contribution in [2.45, 2.75) is 105 Å². The van der Waals surface area contributed by atoms with Crippen molar-refractivity contribution in [3.63, 3.8) is 0 Å². The van der Waals surface area contributed by atoms with E-state index in [0.29, 0.717) is 55.9 Å². The highest BCUT2D eigenvalue weighted by molar-refractivity contribution is 6.00. The number of aldehydes is 1. The molecule has 8 N–H and O–H groups in total. The zero-order valence-electron chi connectivity index (χ0n) is 65.2. The number of hydrogen-bond donors (Lipinski definition) is 6. The number of carbonyl (C=O) groups excluding carboxylic acids is 3. The molecule has 0 aliphatic heterocycles. The van der Waals surface area contributed by atoms with Crippen molar-refractivity contribution >= 4 is 63.6 Å². The van der Waals surface area contributed by atoms with Crippen LogP contribution in [0.2, 0.25) is 0 Å². The number of alkyl carbamates (subject to hydrolysis) is 2. The van der Waals surface area contributed by atoms with Crippen LogP contribution in [-0.2, 0) is 61.8 Å². The SMILES string of the molecule is CC(C)(C)OC(=O)NCc1ccc(-c2nc3ccnc(C=O)c3cc2-c2ccccc2)cc1.CC(C)(C)OC(=O)NCc1ccc(-c2nc3ccnc(CNCc4ccncc4)c3cc2-c2ccccc2)cc1.Cl.NCc1ccc(-c2nc3ccnc(CNCc4ccncc4)c3cc2-c2ccccc2)cc1.NCc1ccccc1. The lowest BCUT2D eigenvalue weighted by atomic mass is 9.96. The number of aromatic nitrogens is 8. The molecule has 20 heteroatoms. The second-order valence-electron chi connectivity index (χ2n) is 28.9. The molecule has 8 heterocycles. The average Bonchev–Trinajstić information content (AvgIpc) is 0.782. The van der Waals surface area contributed by atoms with E-state index < -0.39 is 23.4 Å². The van der Waals surface area contributed by atoms with Gasteiger partial charge in [0, 0.05) is 145 Å². The molecule has 0 unspecified atom stereocenters. The van der Waals surface area contributed by atoms with Gasteiger partial charge >= 0.3 is 12.2 Å². The molecule has 15 aromatic rings. The van der Waals surface area contributed by atoms with Crippen LogP contribution in [0.15, 0.2) is 298 Å². The predicted molar refractivity (Wildman–Crippen MR) is 462 cm³/mol. The van der Waals surface area contributed by atoms with Crippen LogP contribution in [0.1, 0.15) is 96.8 Å². The van der Waals surface area contributed by atoms with Crippen LogP contribution in [0.4, 0.5) is 9.59 Å².